The molecule has 0 heterocycles. The highest BCUT2D eigenvalue weighted by atomic mass is 16.1. The fraction of sp³-hybridized carbons (Fsp3) is 0.969. The summed E-state index contributed by atoms with van der Waals surface area (Å²) in [5, 5.41) is 2.88. The second kappa shape index (κ2) is 30.5. The summed E-state index contributed by atoms with van der Waals surface area (Å²) in [6, 6.07) is 0. The van der Waals surface area contributed by atoms with E-state index < -0.39 is 0 Å². The van der Waals surface area contributed by atoms with Gasteiger partial charge in [-0.3, -0.25) is 4.79 Å². The molecule has 0 unspecified atom stereocenters. The standard InChI is InChI=1S/C32H65NO/c1-3-4-5-6-7-8-9-10-11-12-13-14-15-16-17-18-19-20-21-22-23-24-25-26-27-28-29-30-31-33-32(2)34/h3-31H2,1-2H3,(H,33,34). The number of unbranched alkanes of at least 4 members (excludes halogenated alkanes) is 27. The molecule has 0 aromatic heterocycles. The molecule has 0 aliphatic rings. The highest BCUT2D eigenvalue weighted by Gasteiger charge is 1.97. The fourth-order valence-corrected chi connectivity index (χ4v) is 5.06. The van der Waals surface area contributed by atoms with Gasteiger partial charge < -0.3 is 5.32 Å². The van der Waals surface area contributed by atoms with Crippen molar-refractivity contribution >= 4 is 5.91 Å². The lowest BCUT2D eigenvalue weighted by molar-refractivity contribution is -0.118. The molecule has 0 fully saturated rings. The van der Waals surface area contributed by atoms with Crippen LogP contribution in [0.3, 0.4) is 0 Å². The number of amides is 1. The van der Waals surface area contributed by atoms with E-state index in [0.717, 1.165) is 13.0 Å². The van der Waals surface area contributed by atoms with Crippen molar-refractivity contribution < 1.29 is 4.79 Å². The summed E-state index contributed by atoms with van der Waals surface area (Å²) in [7, 11) is 0. The molecule has 1 amide bonds. The van der Waals surface area contributed by atoms with Crippen LogP contribution >= 0.6 is 0 Å². The molecule has 34 heavy (non-hydrogen) atoms. The van der Waals surface area contributed by atoms with E-state index in [1.807, 2.05) is 0 Å². The molecule has 2 heteroatoms. The van der Waals surface area contributed by atoms with Crippen molar-refractivity contribution in [3.8, 4) is 0 Å². The van der Waals surface area contributed by atoms with Gasteiger partial charge in [0.15, 0.2) is 0 Å². The van der Waals surface area contributed by atoms with Crippen LogP contribution in [0.4, 0.5) is 0 Å². The monoisotopic (exact) mass is 480 g/mol. The van der Waals surface area contributed by atoms with Crippen molar-refractivity contribution in [3.05, 3.63) is 0 Å². The molecule has 0 aromatic rings. The Hall–Kier alpha value is -0.530. The van der Waals surface area contributed by atoms with Gasteiger partial charge in [-0.2, -0.15) is 0 Å². The summed E-state index contributed by atoms with van der Waals surface area (Å²) >= 11 is 0. The van der Waals surface area contributed by atoms with Gasteiger partial charge in [-0.05, 0) is 6.42 Å². The van der Waals surface area contributed by atoms with Gasteiger partial charge in [0, 0.05) is 13.5 Å². The maximum absolute atomic E-state index is 10.8. The molecule has 0 atom stereocenters. The number of carbonyl (C=O) groups excluding carboxylic acids is 1. The first kappa shape index (κ1) is 33.5. The van der Waals surface area contributed by atoms with Gasteiger partial charge in [-0.1, -0.05) is 180 Å². The average molecular weight is 480 g/mol. The molecular weight excluding hydrogens is 414 g/mol. The quantitative estimate of drug-likeness (QED) is 0.106. The first-order valence-electron chi connectivity index (χ1n) is 16.0. The van der Waals surface area contributed by atoms with Crippen molar-refractivity contribution in [1.82, 2.24) is 5.32 Å². The molecule has 0 saturated carbocycles. The molecule has 0 aromatic carbocycles. The van der Waals surface area contributed by atoms with Crippen LogP contribution in [0, 0.1) is 0 Å². The Morgan fingerprint density at radius 1 is 0.382 bits per heavy atom. The largest absolute Gasteiger partial charge is 0.356 e. The summed E-state index contributed by atoms with van der Waals surface area (Å²) in [5.74, 6) is 0.102. The summed E-state index contributed by atoms with van der Waals surface area (Å²) < 4.78 is 0. The molecule has 204 valence electrons. The van der Waals surface area contributed by atoms with Crippen LogP contribution in [-0.4, -0.2) is 12.5 Å². The van der Waals surface area contributed by atoms with Gasteiger partial charge >= 0.3 is 0 Å². The Morgan fingerprint density at radius 2 is 0.588 bits per heavy atom. The second-order valence-electron chi connectivity index (χ2n) is 11.0. The summed E-state index contributed by atoms with van der Waals surface area (Å²) in [6.07, 6.45) is 40.1. The fourth-order valence-electron chi connectivity index (χ4n) is 5.06. The van der Waals surface area contributed by atoms with Crippen molar-refractivity contribution in [1.29, 1.82) is 0 Å². The molecule has 0 aliphatic heterocycles. The number of hydrogen-bond acceptors (Lipinski definition) is 1. The maximum Gasteiger partial charge on any atom is 0.216 e. The lowest BCUT2D eigenvalue weighted by Gasteiger charge is -2.05. The minimum atomic E-state index is 0.102. The Morgan fingerprint density at radius 3 is 0.794 bits per heavy atom. The molecule has 0 radical (unpaired) electrons. The molecule has 0 saturated heterocycles. The molecule has 1 N–H and O–H groups in total. The summed E-state index contributed by atoms with van der Waals surface area (Å²) in [6.45, 7) is 4.76. The van der Waals surface area contributed by atoms with E-state index in [9.17, 15) is 4.79 Å². The highest BCUT2D eigenvalue weighted by molar-refractivity contribution is 5.72. The Kier molecular flexibility index (Phi) is 30.0. The topological polar surface area (TPSA) is 29.1 Å². The number of hydrogen-bond donors (Lipinski definition) is 1. The van der Waals surface area contributed by atoms with Crippen LogP contribution in [-0.2, 0) is 4.79 Å². The Bertz CT molecular complexity index is 381. The minimum absolute atomic E-state index is 0.102. The molecule has 0 bridgehead atoms. The second-order valence-corrected chi connectivity index (χ2v) is 11.0. The minimum Gasteiger partial charge on any atom is -0.356 e. The smallest absolute Gasteiger partial charge is 0.216 e. The van der Waals surface area contributed by atoms with E-state index in [4.69, 9.17) is 0 Å². The van der Waals surface area contributed by atoms with Crippen LogP contribution in [0.15, 0.2) is 0 Å². The van der Waals surface area contributed by atoms with Crippen molar-refractivity contribution in [2.24, 2.45) is 0 Å². The van der Waals surface area contributed by atoms with Gasteiger partial charge in [0.05, 0.1) is 0 Å². The SMILES string of the molecule is CCCCCCCCCCCCCCCCCCCCCCCCCCCCCCNC(C)=O. The van der Waals surface area contributed by atoms with Gasteiger partial charge in [-0.25, -0.2) is 0 Å². The van der Waals surface area contributed by atoms with E-state index >= 15 is 0 Å². The van der Waals surface area contributed by atoms with Gasteiger partial charge in [-0.15, -0.1) is 0 Å². The van der Waals surface area contributed by atoms with Crippen molar-refractivity contribution in [2.45, 2.75) is 194 Å². The highest BCUT2D eigenvalue weighted by Crippen LogP contribution is 2.16. The number of nitrogens with one attached hydrogen (secondary N) is 1. The Labute approximate surface area is 216 Å². The Balaban J connectivity index is 3.01. The lowest BCUT2D eigenvalue weighted by atomic mass is 10.0. The van der Waals surface area contributed by atoms with Crippen LogP contribution in [0.5, 0.6) is 0 Å². The third kappa shape index (κ3) is 31.5. The van der Waals surface area contributed by atoms with Crippen LogP contribution < -0.4 is 5.32 Å². The third-order valence-electron chi connectivity index (χ3n) is 7.40. The average Bonchev–Trinajstić information content (AvgIpc) is 2.83. The lowest BCUT2D eigenvalue weighted by Crippen LogP contribution is -2.20. The van der Waals surface area contributed by atoms with E-state index in [0.29, 0.717) is 0 Å². The zero-order valence-corrected chi connectivity index (χ0v) is 23.9. The number of rotatable bonds is 29. The zero-order chi connectivity index (χ0) is 24.8. The molecule has 2 nitrogen and oxygen atoms in total. The molecule has 0 spiro atoms. The van der Waals surface area contributed by atoms with E-state index in [2.05, 4.69) is 12.2 Å². The van der Waals surface area contributed by atoms with Gasteiger partial charge in [0.1, 0.15) is 0 Å². The summed E-state index contributed by atoms with van der Waals surface area (Å²) in [4.78, 5) is 10.8. The third-order valence-corrected chi connectivity index (χ3v) is 7.40. The maximum atomic E-state index is 10.8. The van der Waals surface area contributed by atoms with Crippen LogP contribution in [0.2, 0.25) is 0 Å². The zero-order valence-electron chi connectivity index (χ0n) is 23.9. The van der Waals surface area contributed by atoms with E-state index in [-0.39, 0.29) is 5.91 Å². The first-order valence-corrected chi connectivity index (χ1v) is 16.0. The van der Waals surface area contributed by atoms with Gasteiger partial charge in [0.2, 0.25) is 5.91 Å². The number of carbonyl (C=O) groups is 1. The van der Waals surface area contributed by atoms with Crippen LogP contribution in [0.1, 0.15) is 194 Å². The summed E-state index contributed by atoms with van der Waals surface area (Å²) in [5.41, 5.74) is 0. The molecule has 0 rings (SSSR count). The van der Waals surface area contributed by atoms with Crippen LogP contribution in [0.25, 0.3) is 0 Å². The first-order chi connectivity index (χ1) is 16.8. The van der Waals surface area contributed by atoms with Crippen molar-refractivity contribution in [3.63, 3.8) is 0 Å². The predicted octanol–water partition coefficient (Wildman–Crippen LogP) is 11.1. The molecular formula is C32H65NO. The van der Waals surface area contributed by atoms with Crippen molar-refractivity contribution in [2.75, 3.05) is 6.54 Å². The van der Waals surface area contributed by atoms with Gasteiger partial charge in [0.25, 0.3) is 0 Å². The normalized spacial score (nSPS) is 11.2. The van der Waals surface area contributed by atoms with E-state index in [1.165, 1.54) is 173 Å². The van der Waals surface area contributed by atoms with E-state index in [1.54, 1.807) is 6.92 Å². The predicted molar refractivity (Wildman–Crippen MR) is 154 cm³/mol. The molecule has 0 aliphatic carbocycles.